The Balaban J connectivity index is 1.51. The Labute approximate surface area is 224 Å². The number of carbonyl (C=O) groups excluding carboxylic acids is 1. The highest BCUT2D eigenvalue weighted by Crippen LogP contribution is 2.35. The molecule has 0 bridgehead atoms. The molecular weight excluding hydrogens is 510 g/mol. The molecule has 0 aliphatic carbocycles. The molecule has 3 aromatic carbocycles. The van der Waals surface area contributed by atoms with E-state index in [9.17, 15) is 4.79 Å². The molecular formula is C28H22ClN3O2S2. The zero-order chi connectivity index (χ0) is 25.1. The van der Waals surface area contributed by atoms with Crippen LogP contribution in [0.4, 0.5) is 0 Å². The zero-order valence-electron chi connectivity index (χ0n) is 19.4. The second-order valence-corrected chi connectivity index (χ2v) is 10.1. The lowest BCUT2D eigenvalue weighted by atomic mass is 10.1. The van der Waals surface area contributed by atoms with E-state index in [4.69, 9.17) is 33.7 Å². The van der Waals surface area contributed by atoms with Crippen LogP contribution in [0.2, 0.25) is 5.02 Å². The smallest absolute Gasteiger partial charge is 0.266 e. The summed E-state index contributed by atoms with van der Waals surface area (Å²) in [4.78, 5) is 15.1. The van der Waals surface area contributed by atoms with Crippen LogP contribution >= 0.6 is 35.6 Å². The summed E-state index contributed by atoms with van der Waals surface area (Å²) in [5, 5.41) is 5.55. The maximum atomic E-state index is 12.9. The largest absolute Gasteiger partial charge is 0.489 e. The van der Waals surface area contributed by atoms with Crippen LogP contribution in [0.1, 0.15) is 18.1 Å². The molecule has 1 saturated heterocycles. The molecule has 8 heteroatoms. The molecule has 0 radical (unpaired) electrons. The van der Waals surface area contributed by atoms with Crippen molar-refractivity contribution >= 4 is 51.9 Å². The van der Waals surface area contributed by atoms with Gasteiger partial charge in [0.15, 0.2) is 0 Å². The fourth-order valence-electron chi connectivity index (χ4n) is 3.85. The Kier molecular flexibility index (Phi) is 7.23. The molecule has 0 saturated carbocycles. The van der Waals surface area contributed by atoms with Crippen molar-refractivity contribution in [2.45, 2.75) is 13.5 Å². The van der Waals surface area contributed by atoms with Gasteiger partial charge in [0.05, 0.1) is 10.6 Å². The summed E-state index contributed by atoms with van der Waals surface area (Å²) in [5.41, 5.74) is 4.27. The van der Waals surface area contributed by atoms with Gasteiger partial charge in [0.25, 0.3) is 5.91 Å². The molecule has 0 atom stereocenters. The molecule has 36 heavy (non-hydrogen) atoms. The number of likely N-dealkylation sites (N-methyl/N-ethyl adjacent to an activating group) is 1. The lowest BCUT2D eigenvalue weighted by molar-refractivity contribution is -0.121. The quantitative estimate of drug-likeness (QED) is 0.190. The molecule has 1 fully saturated rings. The predicted molar refractivity (Wildman–Crippen MR) is 150 cm³/mol. The van der Waals surface area contributed by atoms with Gasteiger partial charge in [-0.1, -0.05) is 84.1 Å². The Morgan fingerprint density at radius 3 is 2.58 bits per heavy atom. The van der Waals surface area contributed by atoms with Gasteiger partial charge >= 0.3 is 0 Å². The zero-order valence-corrected chi connectivity index (χ0v) is 21.8. The molecule has 0 unspecified atom stereocenters. The van der Waals surface area contributed by atoms with Crippen LogP contribution < -0.4 is 4.74 Å². The van der Waals surface area contributed by atoms with Crippen LogP contribution in [0.3, 0.4) is 0 Å². The van der Waals surface area contributed by atoms with Gasteiger partial charge < -0.3 is 4.74 Å². The van der Waals surface area contributed by atoms with Gasteiger partial charge in [0.2, 0.25) is 0 Å². The van der Waals surface area contributed by atoms with Crippen molar-refractivity contribution in [3.05, 3.63) is 106 Å². The summed E-state index contributed by atoms with van der Waals surface area (Å²) in [6.45, 7) is 2.82. The van der Waals surface area contributed by atoms with Crippen molar-refractivity contribution in [2.24, 2.45) is 0 Å². The first kappa shape index (κ1) is 24.3. The minimum atomic E-state index is -0.0808. The van der Waals surface area contributed by atoms with E-state index >= 15 is 0 Å². The number of amides is 1. The number of benzene rings is 3. The van der Waals surface area contributed by atoms with Crippen LogP contribution in [0.5, 0.6) is 5.75 Å². The van der Waals surface area contributed by atoms with Crippen molar-refractivity contribution in [2.75, 3.05) is 6.54 Å². The average Bonchev–Trinajstić information content (AvgIpc) is 3.44. The highest BCUT2D eigenvalue weighted by molar-refractivity contribution is 8.26. The van der Waals surface area contributed by atoms with Gasteiger partial charge in [0, 0.05) is 34.5 Å². The highest BCUT2D eigenvalue weighted by atomic mass is 35.5. The molecule has 1 aromatic heterocycles. The number of para-hydroxylation sites is 1. The van der Waals surface area contributed by atoms with Gasteiger partial charge in [-0.25, -0.2) is 4.68 Å². The van der Waals surface area contributed by atoms with Gasteiger partial charge in [-0.2, -0.15) is 5.10 Å². The van der Waals surface area contributed by atoms with Crippen LogP contribution in [-0.2, 0) is 11.4 Å². The fraction of sp³-hybridized carbons (Fsp3) is 0.107. The molecule has 0 spiro atoms. The lowest BCUT2D eigenvalue weighted by Crippen LogP contribution is -2.27. The van der Waals surface area contributed by atoms with Crippen molar-refractivity contribution in [1.82, 2.24) is 14.7 Å². The standard InChI is InChI=1S/C28H22ClN3O2S2/c1-2-31-27(33)25(36-28(31)35)16-21-17-32(22-11-4-3-5-12-22)30-26(21)19-10-8-13-23(15-19)34-18-20-9-6-7-14-24(20)29/h3-17H,2,18H2,1H3. The van der Waals surface area contributed by atoms with Crippen LogP contribution in [-0.4, -0.2) is 31.5 Å². The second kappa shape index (κ2) is 10.7. The second-order valence-electron chi connectivity index (χ2n) is 8.05. The van der Waals surface area contributed by atoms with Gasteiger partial charge in [-0.15, -0.1) is 0 Å². The van der Waals surface area contributed by atoms with Gasteiger partial charge in [-0.3, -0.25) is 9.69 Å². The summed E-state index contributed by atoms with van der Waals surface area (Å²) in [6, 6.07) is 25.2. The molecule has 1 aliphatic heterocycles. The van der Waals surface area contributed by atoms with Crippen LogP contribution in [0, 0.1) is 0 Å². The number of carbonyl (C=O) groups is 1. The molecule has 1 amide bonds. The van der Waals surface area contributed by atoms with E-state index in [2.05, 4.69) is 0 Å². The topological polar surface area (TPSA) is 47.4 Å². The van der Waals surface area contributed by atoms with Crippen molar-refractivity contribution in [1.29, 1.82) is 0 Å². The predicted octanol–water partition coefficient (Wildman–Crippen LogP) is 6.99. The number of thiocarbonyl (C=S) groups is 1. The normalized spacial score (nSPS) is 14.6. The molecule has 5 nitrogen and oxygen atoms in total. The minimum Gasteiger partial charge on any atom is -0.489 e. The minimum absolute atomic E-state index is 0.0808. The number of ether oxygens (including phenoxy) is 1. The highest BCUT2D eigenvalue weighted by Gasteiger charge is 2.31. The van der Waals surface area contributed by atoms with E-state index in [-0.39, 0.29) is 5.91 Å². The number of aromatic nitrogens is 2. The first-order chi connectivity index (χ1) is 17.5. The van der Waals surface area contributed by atoms with E-state index in [0.717, 1.165) is 28.1 Å². The average molecular weight is 532 g/mol. The summed E-state index contributed by atoms with van der Waals surface area (Å²) >= 11 is 13.0. The van der Waals surface area contributed by atoms with E-state index in [1.807, 2.05) is 103 Å². The van der Waals surface area contributed by atoms with Crippen molar-refractivity contribution in [3.63, 3.8) is 0 Å². The monoisotopic (exact) mass is 531 g/mol. The number of rotatable bonds is 7. The van der Waals surface area contributed by atoms with Crippen LogP contribution in [0.15, 0.2) is 90.0 Å². The number of hydrogen-bond acceptors (Lipinski definition) is 5. The molecule has 1 aliphatic rings. The van der Waals surface area contributed by atoms with E-state index in [1.165, 1.54) is 11.8 Å². The maximum absolute atomic E-state index is 12.9. The van der Waals surface area contributed by atoms with E-state index < -0.39 is 0 Å². The number of hydrogen-bond donors (Lipinski definition) is 0. The van der Waals surface area contributed by atoms with Crippen molar-refractivity contribution < 1.29 is 9.53 Å². The summed E-state index contributed by atoms with van der Waals surface area (Å²) in [6.07, 6.45) is 3.80. The number of nitrogens with zero attached hydrogens (tertiary/aromatic N) is 3. The molecule has 4 aromatic rings. The first-order valence-corrected chi connectivity index (χ1v) is 13.0. The summed E-state index contributed by atoms with van der Waals surface area (Å²) < 4.78 is 8.43. The van der Waals surface area contributed by atoms with Crippen molar-refractivity contribution in [3.8, 4) is 22.7 Å². The number of thioether (sulfide) groups is 1. The fourth-order valence-corrected chi connectivity index (χ4v) is 5.42. The lowest BCUT2D eigenvalue weighted by Gasteiger charge is -2.09. The molecule has 5 rings (SSSR count). The first-order valence-electron chi connectivity index (χ1n) is 11.4. The molecule has 180 valence electrons. The third-order valence-corrected chi connectivity index (χ3v) is 7.45. The summed E-state index contributed by atoms with van der Waals surface area (Å²) in [7, 11) is 0. The van der Waals surface area contributed by atoms with Gasteiger partial charge in [0.1, 0.15) is 22.4 Å². The third kappa shape index (κ3) is 5.09. The Morgan fingerprint density at radius 2 is 1.83 bits per heavy atom. The number of halogens is 1. The third-order valence-electron chi connectivity index (χ3n) is 5.70. The summed E-state index contributed by atoms with van der Waals surface area (Å²) in [5.74, 6) is 0.618. The van der Waals surface area contributed by atoms with E-state index in [1.54, 1.807) is 4.90 Å². The maximum Gasteiger partial charge on any atom is 0.266 e. The SMILES string of the molecule is CCN1C(=O)C(=Cc2cn(-c3ccccc3)nc2-c2cccc(OCc3ccccc3Cl)c2)SC1=S. The Bertz CT molecular complexity index is 1470. The molecule has 2 heterocycles. The Morgan fingerprint density at radius 1 is 1.06 bits per heavy atom. The Hall–Kier alpha value is -3.39. The van der Waals surface area contributed by atoms with Crippen LogP contribution in [0.25, 0.3) is 23.0 Å². The van der Waals surface area contributed by atoms with Gasteiger partial charge in [-0.05, 0) is 43.3 Å². The van der Waals surface area contributed by atoms with E-state index in [0.29, 0.717) is 33.1 Å². The molecule has 0 N–H and O–H groups in total.